The van der Waals surface area contributed by atoms with E-state index in [1.54, 1.807) is 41.9 Å². The van der Waals surface area contributed by atoms with Crippen LogP contribution in [0.5, 0.6) is 0 Å². The average molecular weight is 321 g/mol. The number of benzene rings is 2. The Balaban J connectivity index is 2.15. The summed E-state index contributed by atoms with van der Waals surface area (Å²) in [6.45, 7) is 0.512. The van der Waals surface area contributed by atoms with E-state index in [9.17, 15) is 4.79 Å². The minimum atomic E-state index is -0.174. The molecule has 0 heterocycles. The Morgan fingerprint density at radius 1 is 1.24 bits per heavy atom. The van der Waals surface area contributed by atoms with E-state index in [0.29, 0.717) is 22.8 Å². The number of nitrogen functional groups attached to an aromatic ring is 1. The van der Waals surface area contributed by atoms with Gasteiger partial charge in [0.1, 0.15) is 0 Å². The number of thioether (sulfide) groups is 1. The van der Waals surface area contributed by atoms with Gasteiger partial charge in [-0.2, -0.15) is 0 Å². The molecule has 0 bridgehead atoms. The molecule has 5 heteroatoms. The number of carbonyl (C=O) groups excluding carboxylic acids is 1. The second-order valence-electron chi connectivity index (χ2n) is 4.71. The van der Waals surface area contributed by atoms with E-state index in [4.69, 9.17) is 17.3 Å². The summed E-state index contributed by atoms with van der Waals surface area (Å²) in [4.78, 5) is 15.3. The molecule has 0 spiro atoms. The summed E-state index contributed by atoms with van der Waals surface area (Å²) < 4.78 is 0. The number of hydrogen-bond acceptors (Lipinski definition) is 3. The standard InChI is InChI=1S/C16H17ClN2OS/c1-19(10-11-6-8-12(21-2)9-7-11)16(20)15-13(17)4-3-5-14(15)18/h3-9H,10,18H2,1-2H3. The highest BCUT2D eigenvalue weighted by Gasteiger charge is 2.18. The number of amides is 1. The number of nitrogens with two attached hydrogens (primary N) is 1. The Labute approximate surface area is 134 Å². The van der Waals surface area contributed by atoms with Crippen molar-refractivity contribution >= 4 is 35.0 Å². The van der Waals surface area contributed by atoms with Crippen molar-refractivity contribution in [1.82, 2.24) is 4.90 Å². The van der Waals surface area contributed by atoms with E-state index >= 15 is 0 Å². The first-order valence-corrected chi connectivity index (χ1v) is 8.05. The number of halogens is 1. The van der Waals surface area contributed by atoms with E-state index in [2.05, 4.69) is 0 Å². The van der Waals surface area contributed by atoms with Gasteiger partial charge >= 0.3 is 0 Å². The van der Waals surface area contributed by atoms with Gasteiger partial charge in [0, 0.05) is 24.2 Å². The van der Waals surface area contributed by atoms with Crippen LogP contribution in [0.3, 0.4) is 0 Å². The minimum Gasteiger partial charge on any atom is -0.398 e. The van der Waals surface area contributed by atoms with Crippen molar-refractivity contribution in [1.29, 1.82) is 0 Å². The van der Waals surface area contributed by atoms with Gasteiger partial charge in [-0.1, -0.05) is 29.8 Å². The maximum Gasteiger partial charge on any atom is 0.257 e. The molecular formula is C16H17ClN2OS. The molecule has 0 aliphatic rings. The third-order valence-corrected chi connectivity index (χ3v) is 4.24. The molecular weight excluding hydrogens is 304 g/mol. The zero-order valence-electron chi connectivity index (χ0n) is 12.0. The summed E-state index contributed by atoms with van der Waals surface area (Å²) in [6, 6.07) is 13.2. The zero-order chi connectivity index (χ0) is 15.4. The van der Waals surface area contributed by atoms with Gasteiger partial charge in [-0.15, -0.1) is 11.8 Å². The lowest BCUT2D eigenvalue weighted by Gasteiger charge is -2.19. The molecule has 2 rings (SSSR count). The monoisotopic (exact) mass is 320 g/mol. The van der Waals surface area contributed by atoms with Crippen molar-refractivity contribution in [3.63, 3.8) is 0 Å². The van der Waals surface area contributed by atoms with E-state index in [0.717, 1.165) is 5.56 Å². The molecule has 0 aliphatic carbocycles. The molecule has 0 aliphatic heterocycles. The highest BCUT2D eigenvalue weighted by Crippen LogP contribution is 2.24. The molecule has 0 aromatic heterocycles. The number of anilines is 1. The van der Waals surface area contributed by atoms with Gasteiger partial charge in [0.15, 0.2) is 0 Å². The third-order valence-electron chi connectivity index (χ3n) is 3.19. The van der Waals surface area contributed by atoms with Gasteiger partial charge < -0.3 is 10.6 Å². The van der Waals surface area contributed by atoms with Crippen LogP contribution in [0.4, 0.5) is 5.69 Å². The van der Waals surface area contributed by atoms with Gasteiger partial charge in [0.25, 0.3) is 5.91 Å². The normalized spacial score (nSPS) is 10.4. The summed E-state index contributed by atoms with van der Waals surface area (Å²) >= 11 is 7.77. The van der Waals surface area contributed by atoms with Crippen molar-refractivity contribution in [2.45, 2.75) is 11.4 Å². The van der Waals surface area contributed by atoms with Crippen LogP contribution < -0.4 is 5.73 Å². The topological polar surface area (TPSA) is 46.3 Å². The number of hydrogen-bond donors (Lipinski definition) is 1. The summed E-state index contributed by atoms with van der Waals surface area (Å²) in [6.07, 6.45) is 2.03. The van der Waals surface area contributed by atoms with Crippen molar-refractivity contribution in [3.05, 3.63) is 58.6 Å². The fourth-order valence-corrected chi connectivity index (χ4v) is 2.70. The first kappa shape index (κ1) is 15.7. The lowest BCUT2D eigenvalue weighted by atomic mass is 10.1. The van der Waals surface area contributed by atoms with Crippen molar-refractivity contribution in [3.8, 4) is 0 Å². The Morgan fingerprint density at radius 2 is 1.90 bits per heavy atom. The fraction of sp³-hybridized carbons (Fsp3) is 0.188. The second-order valence-corrected chi connectivity index (χ2v) is 6.00. The molecule has 21 heavy (non-hydrogen) atoms. The molecule has 0 saturated carbocycles. The van der Waals surface area contributed by atoms with Gasteiger partial charge in [-0.3, -0.25) is 4.79 Å². The minimum absolute atomic E-state index is 0.174. The molecule has 0 radical (unpaired) electrons. The first-order chi connectivity index (χ1) is 10.0. The Kier molecular flexibility index (Phi) is 5.15. The lowest BCUT2D eigenvalue weighted by molar-refractivity contribution is 0.0786. The quantitative estimate of drug-likeness (QED) is 0.686. The Bertz CT molecular complexity index is 623. The SMILES string of the molecule is CSc1ccc(CN(C)C(=O)c2c(N)cccc2Cl)cc1. The molecule has 2 N–H and O–H groups in total. The van der Waals surface area contributed by atoms with Gasteiger partial charge in [-0.25, -0.2) is 0 Å². The van der Waals surface area contributed by atoms with Gasteiger partial charge in [0.2, 0.25) is 0 Å². The molecule has 110 valence electrons. The van der Waals surface area contributed by atoms with Crippen LogP contribution in [0.2, 0.25) is 5.02 Å². The molecule has 0 unspecified atom stereocenters. The van der Waals surface area contributed by atoms with Crippen LogP contribution >= 0.6 is 23.4 Å². The maximum atomic E-state index is 12.5. The van der Waals surface area contributed by atoms with E-state index in [-0.39, 0.29) is 5.91 Å². The van der Waals surface area contributed by atoms with Crippen LogP contribution in [-0.4, -0.2) is 24.1 Å². The smallest absolute Gasteiger partial charge is 0.257 e. The summed E-state index contributed by atoms with van der Waals surface area (Å²) in [5.41, 5.74) is 7.68. The zero-order valence-corrected chi connectivity index (χ0v) is 13.5. The summed E-state index contributed by atoms with van der Waals surface area (Å²) in [5.74, 6) is -0.174. The van der Waals surface area contributed by atoms with Crippen molar-refractivity contribution in [2.75, 3.05) is 19.0 Å². The van der Waals surface area contributed by atoms with E-state index in [1.807, 2.05) is 30.5 Å². The molecule has 0 fully saturated rings. The van der Waals surface area contributed by atoms with Crippen LogP contribution in [0.15, 0.2) is 47.4 Å². The second kappa shape index (κ2) is 6.87. The lowest BCUT2D eigenvalue weighted by Crippen LogP contribution is -2.27. The largest absolute Gasteiger partial charge is 0.398 e. The summed E-state index contributed by atoms with van der Waals surface area (Å²) in [7, 11) is 1.74. The van der Waals surface area contributed by atoms with E-state index in [1.165, 1.54) is 4.90 Å². The van der Waals surface area contributed by atoms with Gasteiger partial charge in [0.05, 0.1) is 10.6 Å². The van der Waals surface area contributed by atoms with Crippen LogP contribution in [0, 0.1) is 0 Å². The van der Waals surface area contributed by atoms with Crippen LogP contribution in [-0.2, 0) is 6.54 Å². The van der Waals surface area contributed by atoms with Gasteiger partial charge in [-0.05, 0) is 36.1 Å². The Hall–Kier alpha value is -1.65. The molecule has 1 amide bonds. The predicted molar refractivity (Wildman–Crippen MR) is 89.9 cm³/mol. The number of carbonyl (C=O) groups is 1. The molecule has 2 aromatic carbocycles. The first-order valence-electron chi connectivity index (χ1n) is 6.45. The molecule has 2 aromatic rings. The Morgan fingerprint density at radius 3 is 2.48 bits per heavy atom. The molecule has 0 saturated heterocycles. The number of nitrogens with zero attached hydrogens (tertiary/aromatic N) is 1. The van der Waals surface area contributed by atoms with Crippen LogP contribution in [0.1, 0.15) is 15.9 Å². The van der Waals surface area contributed by atoms with E-state index < -0.39 is 0 Å². The predicted octanol–water partition coefficient (Wildman–Crippen LogP) is 3.92. The maximum absolute atomic E-state index is 12.5. The third kappa shape index (κ3) is 3.71. The summed E-state index contributed by atoms with van der Waals surface area (Å²) in [5, 5.41) is 0.379. The highest BCUT2D eigenvalue weighted by molar-refractivity contribution is 7.98. The fourth-order valence-electron chi connectivity index (χ4n) is 2.03. The highest BCUT2D eigenvalue weighted by atomic mass is 35.5. The molecule has 0 atom stereocenters. The number of rotatable bonds is 4. The molecule has 3 nitrogen and oxygen atoms in total. The van der Waals surface area contributed by atoms with Crippen LogP contribution in [0.25, 0.3) is 0 Å². The van der Waals surface area contributed by atoms with Crippen molar-refractivity contribution in [2.24, 2.45) is 0 Å². The average Bonchev–Trinajstić information content (AvgIpc) is 2.47. The van der Waals surface area contributed by atoms with Crippen molar-refractivity contribution < 1.29 is 4.79 Å².